The number of anilines is 2. The zero-order chi connectivity index (χ0) is 20.7. The number of hydrogen-bond donors (Lipinski definition) is 1. The zero-order valence-corrected chi connectivity index (χ0v) is 16.6. The van der Waals surface area contributed by atoms with Crippen LogP contribution in [0.2, 0.25) is 5.15 Å². The van der Waals surface area contributed by atoms with Crippen molar-refractivity contribution < 1.29 is 26.3 Å². The Labute approximate surface area is 165 Å². The summed E-state index contributed by atoms with van der Waals surface area (Å²) in [6.07, 6.45) is -4.62. The fourth-order valence-corrected chi connectivity index (χ4v) is 4.80. The van der Waals surface area contributed by atoms with Crippen LogP contribution in [0.5, 0.6) is 0 Å². The number of alkyl halides is 3. The van der Waals surface area contributed by atoms with Crippen molar-refractivity contribution in [3.05, 3.63) is 34.6 Å². The minimum Gasteiger partial charge on any atom is -0.378 e. The van der Waals surface area contributed by atoms with Crippen molar-refractivity contribution in [3.8, 4) is 0 Å². The van der Waals surface area contributed by atoms with E-state index in [0.717, 1.165) is 12.1 Å². The number of rotatable bonds is 4. The molecule has 0 bridgehead atoms. The average Bonchev–Trinajstić information content (AvgIpc) is 2.87. The van der Waals surface area contributed by atoms with E-state index in [1.165, 1.54) is 24.7 Å². The molecule has 1 aromatic carbocycles. The second-order valence-electron chi connectivity index (χ2n) is 6.26. The molecule has 1 saturated heterocycles. The first kappa shape index (κ1) is 20.7. The van der Waals surface area contributed by atoms with Crippen molar-refractivity contribution in [1.82, 2.24) is 9.78 Å². The third-order valence-corrected chi connectivity index (χ3v) is 6.35. The molecule has 154 valence electrons. The zero-order valence-electron chi connectivity index (χ0n) is 15.0. The lowest BCUT2D eigenvalue weighted by Gasteiger charge is -2.31. The molecule has 1 N–H and O–H groups in total. The van der Waals surface area contributed by atoms with Crippen LogP contribution in [-0.2, 0) is 28.0 Å². The van der Waals surface area contributed by atoms with Gasteiger partial charge in [-0.3, -0.25) is 9.40 Å². The molecule has 1 aliphatic heterocycles. The summed E-state index contributed by atoms with van der Waals surface area (Å²) < 4.78 is 74.0. The van der Waals surface area contributed by atoms with Gasteiger partial charge in [-0.1, -0.05) is 11.6 Å². The predicted molar refractivity (Wildman–Crippen MR) is 98.2 cm³/mol. The molecule has 2 heterocycles. The standard InChI is InChI=1S/C16H18ClF3N4O3S/c1-10-14(15(17)23(2)21-10)28(25,26)22-12-9-11(16(18,19)20)3-4-13(12)24-5-7-27-8-6-24/h3-4,9,22H,5-8H2,1-2H3. The van der Waals surface area contributed by atoms with Gasteiger partial charge in [0.15, 0.2) is 0 Å². The van der Waals surface area contributed by atoms with Crippen molar-refractivity contribution in [2.24, 2.45) is 7.05 Å². The summed E-state index contributed by atoms with van der Waals surface area (Å²) in [5, 5.41) is 3.81. The van der Waals surface area contributed by atoms with Gasteiger partial charge in [0.05, 0.1) is 35.8 Å². The molecule has 0 radical (unpaired) electrons. The van der Waals surface area contributed by atoms with Gasteiger partial charge in [-0.25, -0.2) is 8.42 Å². The number of nitrogens with zero attached hydrogens (tertiary/aromatic N) is 3. The van der Waals surface area contributed by atoms with Crippen molar-refractivity contribution in [2.75, 3.05) is 35.9 Å². The van der Waals surface area contributed by atoms with Crippen molar-refractivity contribution in [1.29, 1.82) is 0 Å². The maximum atomic E-state index is 13.2. The van der Waals surface area contributed by atoms with Crippen molar-refractivity contribution >= 4 is 33.0 Å². The molecular formula is C16H18ClF3N4O3S. The van der Waals surface area contributed by atoms with Gasteiger partial charge in [-0.2, -0.15) is 18.3 Å². The van der Waals surface area contributed by atoms with Crippen LogP contribution in [0.4, 0.5) is 24.5 Å². The molecule has 28 heavy (non-hydrogen) atoms. The van der Waals surface area contributed by atoms with Crippen LogP contribution in [0.25, 0.3) is 0 Å². The number of morpholine rings is 1. The number of hydrogen-bond acceptors (Lipinski definition) is 5. The van der Waals surface area contributed by atoms with Gasteiger partial charge in [0.25, 0.3) is 10.0 Å². The predicted octanol–water partition coefficient (Wildman–Crippen LogP) is 3.04. The Morgan fingerprint density at radius 2 is 1.89 bits per heavy atom. The molecule has 1 aromatic heterocycles. The minimum atomic E-state index is -4.62. The lowest BCUT2D eigenvalue weighted by atomic mass is 10.1. The molecule has 0 spiro atoms. The maximum Gasteiger partial charge on any atom is 0.416 e. The van der Waals surface area contributed by atoms with Crippen LogP contribution < -0.4 is 9.62 Å². The summed E-state index contributed by atoms with van der Waals surface area (Å²) in [5.74, 6) is 0. The number of aromatic nitrogens is 2. The fraction of sp³-hybridized carbons (Fsp3) is 0.438. The molecule has 12 heteroatoms. The minimum absolute atomic E-state index is 0.134. The highest BCUT2D eigenvalue weighted by Gasteiger charge is 2.33. The summed E-state index contributed by atoms with van der Waals surface area (Å²) in [6.45, 7) is 3.08. The quantitative estimate of drug-likeness (QED) is 0.794. The van der Waals surface area contributed by atoms with Gasteiger partial charge < -0.3 is 9.64 Å². The summed E-state index contributed by atoms with van der Waals surface area (Å²) in [6, 6.07) is 2.95. The number of nitrogens with one attached hydrogen (secondary N) is 1. The lowest BCUT2D eigenvalue weighted by molar-refractivity contribution is -0.137. The van der Waals surface area contributed by atoms with E-state index in [2.05, 4.69) is 9.82 Å². The van der Waals surface area contributed by atoms with Crippen molar-refractivity contribution in [2.45, 2.75) is 18.0 Å². The highest BCUT2D eigenvalue weighted by atomic mass is 35.5. The molecule has 1 fully saturated rings. The van der Waals surface area contributed by atoms with Crippen LogP contribution in [0.15, 0.2) is 23.1 Å². The van der Waals surface area contributed by atoms with Crippen molar-refractivity contribution in [3.63, 3.8) is 0 Å². The highest BCUT2D eigenvalue weighted by molar-refractivity contribution is 7.93. The van der Waals surface area contributed by atoms with E-state index in [4.69, 9.17) is 16.3 Å². The van der Waals surface area contributed by atoms with Crippen LogP contribution >= 0.6 is 11.6 Å². The Balaban J connectivity index is 2.07. The number of benzene rings is 1. The number of sulfonamides is 1. The van der Waals surface area contributed by atoms with E-state index in [0.29, 0.717) is 32.0 Å². The third-order valence-electron chi connectivity index (χ3n) is 4.29. The van der Waals surface area contributed by atoms with Gasteiger partial charge in [-0.15, -0.1) is 0 Å². The topological polar surface area (TPSA) is 76.5 Å². The molecule has 0 saturated carbocycles. The number of aryl methyl sites for hydroxylation is 2. The van der Waals surface area contributed by atoms with Crippen LogP contribution in [0.1, 0.15) is 11.3 Å². The first-order valence-electron chi connectivity index (χ1n) is 8.26. The second kappa shape index (κ2) is 7.45. The SMILES string of the molecule is Cc1nn(C)c(Cl)c1S(=O)(=O)Nc1cc(C(F)(F)F)ccc1N1CCOCC1. The second-order valence-corrected chi connectivity index (χ2v) is 8.24. The number of halogens is 4. The lowest BCUT2D eigenvalue weighted by Crippen LogP contribution is -2.36. The van der Waals surface area contributed by atoms with E-state index in [1.807, 2.05) is 0 Å². The average molecular weight is 439 g/mol. The molecular weight excluding hydrogens is 421 g/mol. The summed E-state index contributed by atoms with van der Waals surface area (Å²) in [5.41, 5.74) is -0.676. The fourth-order valence-electron chi connectivity index (χ4n) is 2.99. The van der Waals surface area contributed by atoms with Crippen LogP contribution in [0, 0.1) is 6.92 Å². The smallest absolute Gasteiger partial charge is 0.378 e. The van der Waals surface area contributed by atoms with Gasteiger partial charge in [0.2, 0.25) is 0 Å². The maximum absolute atomic E-state index is 13.2. The third kappa shape index (κ3) is 4.06. The highest BCUT2D eigenvalue weighted by Crippen LogP contribution is 2.37. The molecule has 1 aliphatic rings. The molecule has 0 atom stereocenters. The largest absolute Gasteiger partial charge is 0.416 e. The van der Waals surface area contributed by atoms with E-state index >= 15 is 0 Å². The Kier molecular flexibility index (Phi) is 5.52. The van der Waals surface area contributed by atoms with Crippen LogP contribution in [0.3, 0.4) is 0 Å². The normalized spacial score (nSPS) is 15.7. The Morgan fingerprint density at radius 1 is 1.25 bits per heavy atom. The van der Waals surface area contributed by atoms with E-state index in [-0.39, 0.29) is 21.4 Å². The van der Waals surface area contributed by atoms with E-state index in [9.17, 15) is 21.6 Å². The van der Waals surface area contributed by atoms with Gasteiger partial charge in [-0.05, 0) is 25.1 Å². The molecule has 2 aromatic rings. The first-order chi connectivity index (χ1) is 13.0. The summed E-state index contributed by atoms with van der Waals surface area (Å²) in [7, 11) is -2.80. The molecule has 7 nitrogen and oxygen atoms in total. The Morgan fingerprint density at radius 3 is 2.43 bits per heavy atom. The van der Waals surface area contributed by atoms with Gasteiger partial charge >= 0.3 is 6.18 Å². The molecule has 0 unspecified atom stereocenters. The monoisotopic (exact) mass is 438 g/mol. The Hall–Kier alpha value is -1.98. The van der Waals surface area contributed by atoms with E-state index in [1.54, 1.807) is 4.90 Å². The van der Waals surface area contributed by atoms with Crippen LogP contribution in [-0.4, -0.2) is 44.5 Å². The Bertz CT molecular complexity index is 986. The summed E-state index contributed by atoms with van der Waals surface area (Å²) in [4.78, 5) is 1.49. The first-order valence-corrected chi connectivity index (χ1v) is 10.1. The van der Waals surface area contributed by atoms with Gasteiger partial charge in [0.1, 0.15) is 10.0 Å². The molecule has 0 amide bonds. The summed E-state index contributed by atoms with van der Waals surface area (Å²) >= 11 is 6.03. The van der Waals surface area contributed by atoms with Gasteiger partial charge in [0, 0.05) is 20.1 Å². The number of ether oxygens (including phenoxy) is 1. The van der Waals surface area contributed by atoms with E-state index < -0.39 is 21.8 Å². The molecule has 0 aliphatic carbocycles. The molecule has 3 rings (SSSR count).